The molecule has 0 bridgehead atoms. The molecule has 0 fully saturated rings. The van der Waals surface area contributed by atoms with Gasteiger partial charge in [-0.05, 0) is 59.3 Å². The maximum Gasteiger partial charge on any atom is 0.142 e. The van der Waals surface area contributed by atoms with Crippen molar-refractivity contribution in [1.82, 2.24) is 5.32 Å². The molecule has 0 aliphatic heterocycles. The van der Waals surface area contributed by atoms with Gasteiger partial charge in [-0.15, -0.1) is 0 Å². The molecule has 0 saturated heterocycles. The Morgan fingerprint density at radius 2 is 2.06 bits per heavy atom. The van der Waals surface area contributed by atoms with Crippen LogP contribution in [-0.4, -0.2) is 7.05 Å². The van der Waals surface area contributed by atoms with Gasteiger partial charge < -0.3 is 5.32 Å². The van der Waals surface area contributed by atoms with Gasteiger partial charge in [0, 0.05) is 11.6 Å². The van der Waals surface area contributed by atoms with E-state index in [2.05, 4.69) is 35.1 Å². The van der Waals surface area contributed by atoms with E-state index in [-0.39, 0.29) is 27.6 Å². The molecule has 2 rings (SSSR count). The van der Waals surface area contributed by atoms with Crippen molar-refractivity contribution >= 4 is 15.9 Å². The van der Waals surface area contributed by atoms with Crippen molar-refractivity contribution in [3.63, 3.8) is 0 Å². The van der Waals surface area contributed by atoms with E-state index in [0.717, 1.165) is 12.8 Å². The Balaban J connectivity index is 2.60. The minimum atomic E-state index is -0.330. The van der Waals surface area contributed by atoms with Crippen LogP contribution >= 0.6 is 15.9 Å². The molecule has 1 unspecified atom stereocenters. The molecule has 18 heavy (non-hydrogen) atoms. The Labute approximate surface area is 115 Å². The molecule has 0 amide bonds. The molecular weight excluding hydrogens is 300 g/mol. The highest BCUT2D eigenvalue weighted by molar-refractivity contribution is 9.10. The Morgan fingerprint density at radius 3 is 2.67 bits per heavy atom. The molecule has 100 valence electrons. The van der Waals surface area contributed by atoms with Gasteiger partial charge in [0.1, 0.15) is 11.6 Å². The molecular formula is C14H18BrF2N. The molecule has 0 spiro atoms. The van der Waals surface area contributed by atoms with Crippen molar-refractivity contribution in [1.29, 1.82) is 0 Å². The normalized spacial score (nSPS) is 22.4. The van der Waals surface area contributed by atoms with Crippen molar-refractivity contribution in [2.75, 3.05) is 7.05 Å². The molecule has 4 heteroatoms. The van der Waals surface area contributed by atoms with E-state index >= 15 is 0 Å². The van der Waals surface area contributed by atoms with Crippen LogP contribution in [0.4, 0.5) is 8.78 Å². The zero-order chi connectivity index (χ0) is 13.5. The summed E-state index contributed by atoms with van der Waals surface area (Å²) >= 11 is 3.09. The number of rotatable bonds is 1. The monoisotopic (exact) mass is 317 g/mol. The van der Waals surface area contributed by atoms with Gasteiger partial charge in [-0.3, -0.25) is 0 Å². The summed E-state index contributed by atoms with van der Waals surface area (Å²) in [7, 11) is 1.80. The molecule has 0 heterocycles. The second-order valence-corrected chi connectivity index (χ2v) is 6.61. The molecule has 1 N–H and O–H groups in total. The van der Waals surface area contributed by atoms with Gasteiger partial charge in [-0.25, -0.2) is 8.78 Å². The van der Waals surface area contributed by atoms with E-state index in [0.29, 0.717) is 17.5 Å². The van der Waals surface area contributed by atoms with Gasteiger partial charge in [0.2, 0.25) is 0 Å². The first-order chi connectivity index (χ1) is 8.35. The Kier molecular flexibility index (Phi) is 3.79. The Bertz CT molecular complexity index is 471. The third kappa shape index (κ3) is 2.45. The quantitative estimate of drug-likeness (QED) is 0.599. The summed E-state index contributed by atoms with van der Waals surface area (Å²) in [5, 5.41) is 3.12. The van der Waals surface area contributed by atoms with Crippen molar-refractivity contribution in [2.24, 2.45) is 5.41 Å². The number of nitrogens with one attached hydrogen (secondary N) is 1. The smallest absolute Gasteiger partial charge is 0.142 e. The van der Waals surface area contributed by atoms with Crippen LogP contribution in [0.15, 0.2) is 10.5 Å². The molecule has 0 saturated carbocycles. The van der Waals surface area contributed by atoms with Gasteiger partial charge in [-0.1, -0.05) is 13.8 Å². The number of fused-ring (bicyclic) bond motifs is 1. The van der Waals surface area contributed by atoms with Gasteiger partial charge in [-0.2, -0.15) is 0 Å². The van der Waals surface area contributed by atoms with E-state index < -0.39 is 0 Å². The summed E-state index contributed by atoms with van der Waals surface area (Å²) in [5.74, 6) is -0.639. The molecule has 1 aromatic carbocycles. The van der Waals surface area contributed by atoms with Crippen LogP contribution in [0.3, 0.4) is 0 Å². The van der Waals surface area contributed by atoms with Crippen molar-refractivity contribution < 1.29 is 8.78 Å². The van der Waals surface area contributed by atoms with E-state index in [1.54, 1.807) is 7.05 Å². The topological polar surface area (TPSA) is 12.0 Å². The fourth-order valence-corrected chi connectivity index (χ4v) is 3.15. The van der Waals surface area contributed by atoms with Crippen molar-refractivity contribution in [2.45, 2.75) is 39.2 Å². The first-order valence-electron chi connectivity index (χ1n) is 6.19. The number of benzene rings is 1. The largest absolute Gasteiger partial charge is 0.313 e. The maximum absolute atomic E-state index is 14.3. The van der Waals surface area contributed by atoms with Gasteiger partial charge in [0.25, 0.3) is 0 Å². The van der Waals surface area contributed by atoms with Crippen LogP contribution in [-0.2, 0) is 6.42 Å². The van der Waals surface area contributed by atoms with Gasteiger partial charge >= 0.3 is 0 Å². The summed E-state index contributed by atoms with van der Waals surface area (Å²) in [5.41, 5.74) is 1.11. The summed E-state index contributed by atoms with van der Waals surface area (Å²) in [4.78, 5) is 0. The fraction of sp³-hybridized carbons (Fsp3) is 0.571. The minimum absolute atomic E-state index is 0.0814. The lowest BCUT2D eigenvalue weighted by Gasteiger charge is -2.27. The van der Waals surface area contributed by atoms with Gasteiger partial charge in [0.05, 0.1) is 4.47 Å². The molecule has 1 nitrogen and oxygen atoms in total. The second kappa shape index (κ2) is 4.89. The van der Waals surface area contributed by atoms with Crippen LogP contribution in [0.25, 0.3) is 0 Å². The van der Waals surface area contributed by atoms with Crippen LogP contribution in [0.5, 0.6) is 0 Å². The Morgan fingerprint density at radius 1 is 1.39 bits per heavy atom. The maximum atomic E-state index is 14.3. The average molecular weight is 318 g/mol. The number of halogens is 3. The zero-order valence-corrected chi connectivity index (χ0v) is 12.5. The van der Waals surface area contributed by atoms with Crippen molar-refractivity contribution in [3.8, 4) is 0 Å². The third-order valence-electron chi connectivity index (χ3n) is 3.82. The lowest BCUT2D eigenvalue weighted by Crippen LogP contribution is -2.23. The Hall–Kier alpha value is -0.480. The first kappa shape index (κ1) is 13.9. The summed E-state index contributed by atoms with van der Waals surface area (Å²) in [6.07, 6.45) is 2.27. The molecule has 1 atom stereocenters. The highest BCUT2D eigenvalue weighted by Crippen LogP contribution is 2.42. The predicted octanol–water partition coefficient (Wildman–Crippen LogP) is 4.35. The summed E-state index contributed by atoms with van der Waals surface area (Å²) < 4.78 is 28.5. The standard InChI is InChI=1S/C14H18BrF2N/c1-14(2)5-4-8-10(16)6-9(15)13(17)12(8)11(7-14)18-3/h6,11,18H,4-5,7H2,1-3H3. The van der Waals surface area contributed by atoms with E-state index in [4.69, 9.17) is 0 Å². The summed E-state index contributed by atoms with van der Waals surface area (Å²) in [6, 6.07) is 1.10. The molecule has 1 aliphatic rings. The second-order valence-electron chi connectivity index (χ2n) is 5.76. The minimum Gasteiger partial charge on any atom is -0.313 e. The van der Waals surface area contributed by atoms with Crippen LogP contribution in [0, 0.1) is 17.0 Å². The van der Waals surface area contributed by atoms with Crippen LogP contribution < -0.4 is 5.32 Å². The molecule has 1 aromatic rings. The van der Waals surface area contributed by atoms with Crippen molar-refractivity contribution in [3.05, 3.63) is 33.3 Å². The number of hydrogen-bond acceptors (Lipinski definition) is 1. The van der Waals surface area contributed by atoms with Crippen LogP contribution in [0.2, 0.25) is 0 Å². The molecule has 0 aromatic heterocycles. The van der Waals surface area contributed by atoms with E-state index in [1.807, 2.05) is 0 Å². The van der Waals surface area contributed by atoms with E-state index in [9.17, 15) is 8.78 Å². The lowest BCUT2D eigenvalue weighted by atomic mass is 9.83. The highest BCUT2D eigenvalue weighted by atomic mass is 79.9. The molecule has 1 aliphatic carbocycles. The zero-order valence-electron chi connectivity index (χ0n) is 10.9. The average Bonchev–Trinajstić information content (AvgIpc) is 2.42. The lowest BCUT2D eigenvalue weighted by molar-refractivity contribution is 0.277. The molecule has 0 radical (unpaired) electrons. The number of hydrogen-bond donors (Lipinski definition) is 1. The van der Waals surface area contributed by atoms with Crippen LogP contribution in [0.1, 0.15) is 43.9 Å². The summed E-state index contributed by atoms with van der Waals surface area (Å²) in [6.45, 7) is 4.29. The van der Waals surface area contributed by atoms with E-state index in [1.165, 1.54) is 6.07 Å². The van der Waals surface area contributed by atoms with Gasteiger partial charge in [0.15, 0.2) is 0 Å². The fourth-order valence-electron chi connectivity index (χ4n) is 2.74. The first-order valence-corrected chi connectivity index (χ1v) is 6.98. The SMILES string of the molecule is CNC1CC(C)(C)CCc2c(F)cc(Br)c(F)c21. The highest BCUT2D eigenvalue weighted by Gasteiger charge is 2.33. The predicted molar refractivity (Wildman–Crippen MR) is 72.6 cm³/mol. The third-order valence-corrected chi connectivity index (χ3v) is 4.40.